The zero-order valence-electron chi connectivity index (χ0n) is 16.4. The highest BCUT2D eigenvalue weighted by Gasteiger charge is 2.38. The van der Waals surface area contributed by atoms with Gasteiger partial charge in [-0.15, -0.1) is 5.54 Å². The summed E-state index contributed by atoms with van der Waals surface area (Å²) in [6, 6.07) is 0. The van der Waals surface area contributed by atoms with Crippen molar-refractivity contribution in [3.05, 3.63) is 12.0 Å². The Labute approximate surface area is 161 Å². The average Bonchev–Trinajstić information content (AvgIpc) is 3.00. The lowest BCUT2D eigenvalue weighted by Crippen LogP contribution is -2.24. The monoisotopic (exact) mass is 381 g/mol. The molecular weight excluding hydrogens is 354 g/mol. The highest BCUT2D eigenvalue weighted by atomic mass is 28.3. The SMILES string of the molecule is C[Si](C)(C)C#Cc1nc(N2C[C@H]3COC[C@H]3C2)c2cnn(CC3CC3)c2n1. The molecule has 1 aliphatic carbocycles. The van der Waals surface area contributed by atoms with Crippen molar-refractivity contribution in [3.8, 4) is 11.5 Å². The van der Waals surface area contributed by atoms with E-state index in [1.54, 1.807) is 0 Å². The predicted octanol–water partition coefficient (Wildman–Crippen LogP) is 2.55. The van der Waals surface area contributed by atoms with Crippen LogP contribution in [0.25, 0.3) is 11.0 Å². The molecule has 7 heteroatoms. The Kier molecular flexibility index (Phi) is 4.02. The Morgan fingerprint density at radius 3 is 2.56 bits per heavy atom. The molecule has 2 aromatic heterocycles. The molecule has 27 heavy (non-hydrogen) atoms. The standard InChI is InChI=1S/C20H27N5OSi/c1-27(2,3)7-6-18-22-19(24-10-15-12-26-13-16(15)11-24)17-8-21-25(20(17)23-18)9-14-4-5-14/h8,14-16H,4-5,9-13H2,1-3H3/t15-,16+. The molecule has 0 spiro atoms. The number of hydrogen-bond donors (Lipinski definition) is 0. The largest absolute Gasteiger partial charge is 0.381 e. The van der Waals surface area contributed by atoms with Crippen LogP contribution < -0.4 is 4.90 Å². The summed E-state index contributed by atoms with van der Waals surface area (Å²) in [7, 11) is -1.48. The fourth-order valence-electron chi connectivity index (χ4n) is 4.02. The van der Waals surface area contributed by atoms with E-state index in [4.69, 9.17) is 14.7 Å². The summed E-state index contributed by atoms with van der Waals surface area (Å²) >= 11 is 0. The van der Waals surface area contributed by atoms with Crippen molar-refractivity contribution in [2.45, 2.75) is 39.0 Å². The first-order valence-corrected chi connectivity index (χ1v) is 13.6. The molecule has 2 aromatic rings. The third-order valence-electron chi connectivity index (χ3n) is 5.69. The second-order valence-electron chi connectivity index (χ2n) is 9.34. The number of fused-ring (bicyclic) bond motifs is 2. The van der Waals surface area contributed by atoms with Gasteiger partial charge in [-0.2, -0.15) is 5.10 Å². The lowest BCUT2D eigenvalue weighted by molar-refractivity contribution is 0.177. The van der Waals surface area contributed by atoms with E-state index < -0.39 is 8.07 Å². The van der Waals surface area contributed by atoms with Gasteiger partial charge in [0, 0.05) is 31.5 Å². The summed E-state index contributed by atoms with van der Waals surface area (Å²) in [5.74, 6) is 6.92. The molecule has 0 aromatic carbocycles. The summed E-state index contributed by atoms with van der Waals surface area (Å²) in [5, 5.41) is 5.72. The number of rotatable bonds is 3. The van der Waals surface area contributed by atoms with Crippen LogP contribution in [0.3, 0.4) is 0 Å². The van der Waals surface area contributed by atoms with E-state index in [0.29, 0.717) is 17.7 Å². The van der Waals surface area contributed by atoms with E-state index in [0.717, 1.165) is 55.6 Å². The van der Waals surface area contributed by atoms with Gasteiger partial charge in [-0.25, -0.2) is 14.6 Å². The molecule has 0 radical (unpaired) electrons. The van der Waals surface area contributed by atoms with E-state index in [-0.39, 0.29) is 0 Å². The maximum Gasteiger partial charge on any atom is 0.208 e. The number of nitrogens with zero attached hydrogens (tertiary/aromatic N) is 5. The predicted molar refractivity (Wildman–Crippen MR) is 108 cm³/mol. The summed E-state index contributed by atoms with van der Waals surface area (Å²) < 4.78 is 7.71. The summed E-state index contributed by atoms with van der Waals surface area (Å²) in [4.78, 5) is 12.1. The van der Waals surface area contributed by atoms with Gasteiger partial charge in [0.2, 0.25) is 5.82 Å². The van der Waals surface area contributed by atoms with Crippen LogP contribution in [-0.2, 0) is 11.3 Å². The van der Waals surface area contributed by atoms with Gasteiger partial charge in [-0.3, -0.25) is 0 Å². The molecule has 6 nitrogen and oxygen atoms in total. The van der Waals surface area contributed by atoms with Crippen molar-refractivity contribution in [3.63, 3.8) is 0 Å². The van der Waals surface area contributed by atoms with Crippen molar-refractivity contribution < 1.29 is 4.74 Å². The van der Waals surface area contributed by atoms with Gasteiger partial charge in [-0.1, -0.05) is 19.6 Å². The molecule has 0 N–H and O–H groups in total. The Morgan fingerprint density at radius 1 is 1.15 bits per heavy atom. The second-order valence-corrected chi connectivity index (χ2v) is 14.1. The lowest BCUT2D eigenvalue weighted by atomic mass is 10.0. The minimum absolute atomic E-state index is 0.619. The Morgan fingerprint density at radius 2 is 1.89 bits per heavy atom. The van der Waals surface area contributed by atoms with Crippen LogP contribution in [0, 0.1) is 29.2 Å². The molecule has 0 bridgehead atoms. The van der Waals surface area contributed by atoms with E-state index in [1.165, 1.54) is 12.8 Å². The Bertz CT molecular complexity index is 921. The molecule has 2 saturated heterocycles. The summed E-state index contributed by atoms with van der Waals surface area (Å²) in [5.41, 5.74) is 4.37. The van der Waals surface area contributed by atoms with Gasteiger partial charge in [-0.05, 0) is 24.7 Å². The smallest absolute Gasteiger partial charge is 0.208 e. The zero-order valence-corrected chi connectivity index (χ0v) is 17.4. The molecule has 4 heterocycles. The van der Waals surface area contributed by atoms with Gasteiger partial charge < -0.3 is 9.64 Å². The van der Waals surface area contributed by atoms with Crippen molar-refractivity contribution in [2.75, 3.05) is 31.2 Å². The molecular formula is C20H27N5OSi. The van der Waals surface area contributed by atoms with Gasteiger partial charge in [0.05, 0.1) is 24.8 Å². The fraction of sp³-hybridized carbons (Fsp3) is 0.650. The number of ether oxygens (including phenoxy) is 1. The molecule has 1 saturated carbocycles. The van der Waals surface area contributed by atoms with Crippen molar-refractivity contribution in [1.29, 1.82) is 0 Å². The Balaban J connectivity index is 1.57. The quantitative estimate of drug-likeness (QED) is 0.604. The van der Waals surface area contributed by atoms with E-state index >= 15 is 0 Å². The van der Waals surface area contributed by atoms with Crippen molar-refractivity contribution in [1.82, 2.24) is 19.7 Å². The van der Waals surface area contributed by atoms with E-state index in [1.807, 2.05) is 6.20 Å². The van der Waals surface area contributed by atoms with Gasteiger partial charge in [0.25, 0.3) is 0 Å². The van der Waals surface area contributed by atoms with Crippen LogP contribution in [0.2, 0.25) is 19.6 Å². The van der Waals surface area contributed by atoms with Gasteiger partial charge in [0.15, 0.2) is 5.65 Å². The topological polar surface area (TPSA) is 56.1 Å². The first-order valence-electron chi connectivity index (χ1n) is 10.1. The second kappa shape index (κ2) is 6.32. The molecule has 5 rings (SSSR count). The van der Waals surface area contributed by atoms with E-state index in [9.17, 15) is 0 Å². The zero-order chi connectivity index (χ0) is 18.6. The first-order chi connectivity index (χ1) is 13.0. The third-order valence-corrected chi connectivity index (χ3v) is 6.57. The minimum atomic E-state index is -1.48. The van der Waals surface area contributed by atoms with Gasteiger partial charge in [0.1, 0.15) is 13.9 Å². The molecule has 0 unspecified atom stereocenters. The maximum atomic E-state index is 5.64. The normalized spacial score (nSPS) is 24.9. The fourth-order valence-corrected chi connectivity index (χ4v) is 4.51. The van der Waals surface area contributed by atoms with Crippen molar-refractivity contribution in [2.24, 2.45) is 17.8 Å². The van der Waals surface area contributed by atoms with Crippen LogP contribution in [0.4, 0.5) is 5.82 Å². The lowest BCUT2D eigenvalue weighted by Gasteiger charge is -2.19. The highest BCUT2D eigenvalue weighted by Crippen LogP contribution is 2.36. The third kappa shape index (κ3) is 3.48. The van der Waals surface area contributed by atoms with Crippen molar-refractivity contribution >= 4 is 24.9 Å². The minimum Gasteiger partial charge on any atom is -0.381 e. The molecule has 2 aliphatic heterocycles. The molecule has 3 fully saturated rings. The average molecular weight is 382 g/mol. The van der Waals surface area contributed by atoms with E-state index in [2.05, 4.69) is 45.8 Å². The summed E-state index contributed by atoms with van der Waals surface area (Å²) in [6.07, 6.45) is 4.56. The summed E-state index contributed by atoms with van der Waals surface area (Å²) in [6.45, 7) is 11.5. The molecule has 0 amide bonds. The Hall–Kier alpha value is -1.91. The number of aromatic nitrogens is 4. The van der Waals surface area contributed by atoms with Crippen LogP contribution in [0.1, 0.15) is 18.7 Å². The maximum absolute atomic E-state index is 5.64. The van der Waals surface area contributed by atoms with Crippen LogP contribution in [-0.4, -0.2) is 54.1 Å². The number of anilines is 1. The van der Waals surface area contributed by atoms with Crippen LogP contribution in [0.15, 0.2) is 6.20 Å². The number of hydrogen-bond acceptors (Lipinski definition) is 5. The van der Waals surface area contributed by atoms with Gasteiger partial charge >= 0.3 is 0 Å². The van der Waals surface area contributed by atoms with Crippen LogP contribution >= 0.6 is 0 Å². The molecule has 3 aliphatic rings. The first kappa shape index (κ1) is 17.2. The van der Waals surface area contributed by atoms with Crippen LogP contribution in [0.5, 0.6) is 0 Å². The molecule has 142 valence electrons. The highest BCUT2D eigenvalue weighted by molar-refractivity contribution is 6.83. The molecule has 2 atom stereocenters.